The fourth-order valence-electron chi connectivity index (χ4n) is 3.12. The van der Waals surface area contributed by atoms with Crippen LogP contribution in [-0.4, -0.2) is 42.5 Å². The van der Waals surface area contributed by atoms with E-state index in [-0.39, 0.29) is 5.91 Å². The first-order chi connectivity index (χ1) is 12.0. The molecule has 134 valence electrons. The number of rotatable bonds is 4. The second-order valence-electron chi connectivity index (χ2n) is 6.46. The van der Waals surface area contributed by atoms with Gasteiger partial charge in [0.2, 0.25) is 11.8 Å². The molecule has 25 heavy (non-hydrogen) atoms. The minimum atomic E-state index is 0.115. The quantitative estimate of drug-likeness (QED) is 0.924. The van der Waals surface area contributed by atoms with E-state index in [2.05, 4.69) is 17.1 Å². The van der Waals surface area contributed by atoms with Gasteiger partial charge < -0.3 is 14.5 Å². The van der Waals surface area contributed by atoms with Crippen LogP contribution < -0.4 is 10.1 Å². The Kier molecular flexibility index (Phi) is 5.08. The van der Waals surface area contributed by atoms with Gasteiger partial charge in [0.25, 0.3) is 0 Å². The zero-order chi connectivity index (χ0) is 18.0. The zero-order valence-electron chi connectivity index (χ0n) is 15.3. The molecular formula is C19H25N3O3. The molecule has 1 saturated heterocycles. The summed E-state index contributed by atoms with van der Waals surface area (Å²) in [4.78, 5) is 18.4. The Hall–Kier alpha value is -2.34. The molecule has 6 heteroatoms. The molecule has 1 aromatic carbocycles. The summed E-state index contributed by atoms with van der Waals surface area (Å²) >= 11 is 0. The highest BCUT2D eigenvalue weighted by Crippen LogP contribution is 2.31. The molecule has 3 rings (SSSR count). The number of nitrogens with zero attached hydrogens (tertiary/aromatic N) is 2. The summed E-state index contributed by atoms with van der Waals surface area (Å²) in [7, 11) is 1.68. The van der Waals surface area contributed by atoms with E-state index in [9.17, 15) is 4.79 Å². The van der Waals surface area contributed by atoms with E-state index in [4.69, 9.17) is 14.1 Å². The normalized spacial score (nSPS) is 15.8. The third kappa shape index (κ3) is 3.69. The summed E-state index contributed by atoms with van der Waals surface area (Å²) in [5.74, 6) is 2.45. The van der Waals surface area contributed by atoms with E-state index in [0.717, 1.165) is 47.0 Å². The van der Waals surface area contributed by atoms with Crippen molar-refractivity contribution in [2.45, 2.75) is 33.7 Å². The lowest BCUT2D eigenvalue weighted by Crippen LogP contribution is -2.28. The second-order valence-corrected chi connectivity index (χ2v) is 6.46. The van der Waals surface area contributed by atoms with Gasteiger partial charge in [0, 0.05) is 38.2 Å². The van der Waals surface area contributed by atoms with Gasteiger partial charge >= 0.3 is 0 Å². The highest BCUT2D eigenvalue weighted by atomic mass is 16.5. The van der Waals surface area contributed by atoms with Crippen LogP contribution >= 0.6 is 0 Å². The molecule has 0 bridgehead atoms. The smallest absolute Gasteiger partial charge is 0.226 e. The zero-order valence-corrected chi connectivity index (χ0v) is 15.3. The number of nitrogens with one attached hydrogen (secondary N) is 1. The maximum Gasteiger partial charge on any atom is 0.226 e. The molecule has 2 aromatic rings. The molecule has 1 fully saturated rings. The number of aryl methyl sites for hydroxylation is 1. The number of ether oxygens (including phenoxy) is 1. The van der Waals surface area contributed by atoms with Gasteiger partial charge in [0.1, 0.15) is 11.5 Å². The van der Waals surface area contributed by atoms with Crippen LogP contribution in [0.3, 0.4) is 0 Å². The first-order valence-electron chi connectivity index (χ1n) is 8.59. The lowest BCUT2D eigenvalue weighted by atomic mass is 10.0. The lowest BCUT2D eigenvalue weighted by Gasteiger charge is -2.17. The van der Waals surface area contributed by atoms with Crippen molar-refractivity contribution in [2.75, 3.05) is 26.7 Å². The highest BCUT2D eigenvalue weighted by molar-refractivity contribution is 5.76. The number of carbonyl (C=O) groups excluding carboxylic acids is 1. The average Bonchev–Trinajstić information content (AvgIpc) is 2.81. The summed E-state index contributed by atoms with van der Waals surface area (Å²) in [5.41, 5.74) is 4.11. The minimum absolute atomic E-state index is 0.115. The largest absolute Gasteiger partial charge is 0.496 e. The van der Waals surface area contributed by atoms with Gasteiger partial charge in [0.05, 0.1) is 12.8 Å². The number of benzene rings is 1. The molecular weight excluding hydrogens is 318 g/mol. The molecule has 0 unspecified atom stereocenters. The Bertz CT molecular complexity index is 782. The van der Waals surface area contributed by atoms with Crippen LogP contribution in [0.1, 0.15) is 29.0 Å². The molecule has 1 aromatic heterocycles. The number of hydrogen-bond donors (Lipinski definition) is 1. The Morgan fingerprint density at radius 1 is 1.24 bits per heavy atom. The van der Waals surface area contributed by atoms with Gasteiger partial charge in [-0.2, -0.15) is 0 Å². The Morgan fingerprint density at radius 2 is 2.04 bits per heavy atom. The van der Waals surface area contributed by atoms with Gasteiger partial charge in [-0.1, -0.05) is 0 Å². The van der Waals surface area contributed by atoms with Gasteiger partial charge in [0.15, 0.2) is 0 Å². The number of aromatic nitrogens is 1. The van der Waals surface area contributed by atoms with Crippen molar-refractivity contribution in [3.63, 3.8) is 0 Å². The van der Waals surface area contributed by atoms with Crippen molar-refractivity contribution in [1.29, 1.82) is 0 Å². The van der Waals surface area contributed by atoms with Crippen molar-refractivity contribution in [3.8, 4) is 17.2 Å². The van der Waals surface area contributed by atoms with Crippen LogP contribution in [-0.2, 0) is 11.3 Å². The van der Waals surface area contributed by atoms with Crippen molar-refractivity contribution < 1.29 is 13.9 Å². The highest BCUT2D eigenvalue weighted by Gasteiger charge is 2.19. The topological polar surface area (TPSA) is 67.6 Å². The predicted molar refractivity (Wildman–Crippen MR) is 95.6 cm³/mol. The number of carbonyl (C=O) groups is 1. The maximum absolute atomic E-state index is 11.5. The first kappa shape index (κ1) is 17.5. The molecule has 2 heterocycles. The molecule has 0 saturated carbocycles. The van der Waals surface area contributed by atoms with Gasteiger partial charge in [-0.05, 0) is 44.0 Å². The number of hydrogen-bond acceptors (Lipinski definition) is 5. The molecule has 0 radical (unpaired) electrons. The minimum Gasteiger partial charge on any atom is -0.496 e. The Morgan fingerprint density at radius 3 is 2.80 bits per heavy atom. The molecule has 0 spiro atoms. The van der Waals surface area contributed by atoms with Crippen LogP contribution in [0.2, 0.25) is 0 Å². The molecule has 1 aliphatic rings. The van der Waals surface area contributed by atoms with Gasteiger partial charge in [-0.25, -0.2) is 4.98 Å². The molecule has 1 amide bonds. The first-order valence-corrected chi connectivity index (χ1v) is 8.59. The van der Waals surface area contributed by atoms with E-state index >= 15 is 0 Å². The monoisotopic (exact) mass is 343 g/mol. The van der Waals surface area contributed by atoms with Gasteiger partial charge in [-0.3, -0.25) is 9.69 Å². The maximum atomic E-state index is 11.5. The van der Waals surface area contributed by atoms with E-state index in [1.165, 1.54) is 0 Å². The van der Waals surface area contributed by atoms with E-state index in [1.54, 1.807) is 7.11 Å². The van der Waals surface area contributed by atoms with Crippen LogP contribution in [0, 0.1) is 20.8 Å². The van der Waals surface area contributed by atoms with Crippen molar-refractivity contribution >= 4 is 5.91 Å². The molecule has 1 N–H and O–H groups in total. The summed E-state index contributed by atoms with van der Waals surface area (Å²) in [6, 6.07) is 3.94. The summed E-state index contributed by atoms with van der Waals surface area (Å²) in [6.07, 6.45) is 0.528. The summed E-state index contributed by atoms with van der Waals surface area (Å²) in [5, 5.41) is 2.89. The molecule has 0 aliphatic carbocycles. The number of methoxy groups -OCH3 is 1. The second kappa shape index (κ2) is 7.27. The predicted octanol–water partition coefficient (Wildman–Crippen LogP) is 2.60. The van der Waals surface area contributed by atoms with Crippen LogP contribution in [0.4, 0.5) is 0 Å². The Balaban J connectivity index is 1.83. The fourth-order valence-corrected chi connectivity index (χ4v) is 3.12. The molecule has 6 nitrogen and oxygen atoms in total. The average molecular weight is 343 g/mol. The summed E-state index contributed by atoms with van der Waals surface area (Å²) in [6.45, 7) is 8.98. The number of amides is 1. The Labute approximate surface area is 148 Å². The summed E-state index contributed by atoms with van der Waals surface area (Å²) < 4.78 is 11.3. The SMILES string of the molecule is COc1ccc(-c2nc(CN3CCNC(=O)CC3)c(C)o2)c(C)c1C. The lowest BCUT2D eigenvalue weighted by molar-refractivity contribution is -0.120. The fraction of sp³-hybridized carbons (Fsp3) is 0.474. The third-order valence-electron chi connectivity index (χ3n) is 4.86. The van der Waals surface area contributed by atoms with Crippen LogP contribution in [0.15, 0.2) is 16.5 Å². The molecule has 1 aliphatic heterocycles. The van der Waals surface area contributed by atoms with Gasteiger partial charge in [-0.15, -0.1) is 0 Å². The van der Waals surface area contributed by atoms with E-state index in [0.29, 0.717) is 25.4 Å². The van der Waals surface area contributed by atoms with E-state index < -0.39 is 0 Å². The van der Waals surface area contributed by atoms with Crippen molar-refractivity contribution in [3.05, 3.63) is 34.7 Å². The standard InChI is InChI=1S/C19H25N3O3/c1-12-13(2)17(24-4)6-5-15(12)19-21-16(14(3)25-19)11-22-9-7-18(23)20-8-10-22/h5-6H,7-11H2,1-4H3,(H,20,23). The molecule has 0 atom stereocenters. The number of oxazole rings is 1. The van der Waals surface area contributed by atoms with E-state index in [1.807, 2.05) is 26.0 Å². The van der Waals surface area contributed by atoms with Crippen molar-refractivity contribution in [1.82, 2.24) is 15.2 Å². The van der Waals surface area contributed by atoms with Crippen molar-refractivity contribution in [2.24, 2.45) is 0 Å². The third-order valence-corrected chi connectivity index (χ3v) is 4.86. The van der Waals surface area contributed by atoms with Crippen LogP contribution in [0.25, 0.3) is 11.5 Å². The van der Waals surface area contributed by atoms with Crippen LogP contribution in [0.5, 0.6) is 5.75 Å².